The zero-order valence-electron chi connectivity index (χ0n) is 19.6. The summed E-state index contributed by atoms with van der Waals surface area (Å²) in [4.78, 5) is 13.3. The van der Waals surface area contributed by atoms with E-state index in [1.807, 2.05) is 60.7 Å². The summed E-state index contributed by atoms with van der Waals surface area (Å²) in [6.07, 6.45) is 2.35. The lowest BCUT2D eigenvalue weighted by Crippen LogP contribution is -2.46. The predicted molar refractivity (Wildman–Crippen MR) is 134 cm³/mol. The van der Waals surface area contributed by atoms with E-state index in [-0.39, 0.29) is 22.8 Å². The third kappa shape index (κ3) is 5.66. The van der Waals surface area contributed by atoms with Gasteiger partial charge in [-0.1, -0.05) is 60.7 Å². The fourth-order valence-corrected chi connectivity index (χ4v) is 6.01. The van der Waals surface area contributed by atoms with Crippen LogP contribution >= 0.6 is 0 Å². The quantitative estimate of drug-likeness (QED) is 0.470. The van der Waals surface area contributed by atoms with Crippen LogP contribution in [0.25, 0.3) is 10.8 Å². The molecular formula is C27H32N2O4S. The molecule has 6 nitrogen and oxygen atoms in total. The second kappa shape index (κ2) is 9.86. The molecule has 3 aromatic rings. The van der Waals surface area contributed by atoms with Gasteiger partial charge < -0.3 is 10.4 Å². The Labute approximate surface area is 201 Å². The second-order valence-corrected chi connectivity index (χ2v) is 11.4. The number of carbonyl (C=O) groups is 1. The fraction of sp³-hybridized carbons (Fsp3) is 0.370. The number of sulfonamides is 1. The third-order valence-corrected chi connectivity index (χ3v) is 8.10. The first-order chi connectivity index (χ1) is 16.1. The van der Waals surface area contributed by atoms with Crippen LogP contribution in [0.4, 0.5) is 0 Å². The Morgan fingerprint density at radius 3 is 2.18 bits per heavy atom. The minimum Gasteiger partial charge on any atom is -0.388 e. The average Bonchev–Trinajstić information content (AvgIpc) is 2.82. The molecule has 0 bridgehead atoms. The summed E-state index contributed by atoms with van der Waals surface area (Å²) in [5, 5.41) is 15.5. The van der Waals surface area contributed by atoms with Crippen molar-refractivity contribution in [3.8, 4) is 0 Å². The minimum absolute atomic E-state index is 0.105. The summed E-state index contributed by atoms with van der Waals surface area (Å²) in [7, 11) is -3.65. The summed E-state index contributed by atoms with van der Waals surface area (Å²) in [6, 6.07) is 21.5. The number of amides is 1. The highest BCUT2D eigenvalue weighted by atomic mass is 32.2. The van der Waals surface area contributed by atoms with Gasteiger partial charge in [-0.2, -0.15) is 0 Å². The fourth-order valence-electron chi connectivity index (χ4n) is 4.67. The molecule has 7 heteroatoms. The molecule has 1 atom stereocenters. The number of benzene rings is 3. The van der Waals surface area contributed by atoms with Crippen molar-refractivity contribution in [1.29, 1.82) is 0 Å². The van der Waals surface area contributed by atoms with Gasteiger partial charge in [0.2, 0.25) is 15.9 Å². The van der Waals surface area contributed by atoms with Gasteiger partial charge in [-0.05, 0) is 68.0 Å². The Hall–Kier alpha value is -2.74. The highest BCUT2D eigenvalue weighted by Crippen LogP contribution is 2.30. The van der Waals surface area contributed by atoms with Gasteiger partial charge in [0.15, 0.2) is 0 Å². The van der Waals surface area contributed by atoms with Gasteiger partial charge in [0, 0.05) is 12.0 Å². The van der Waals surface area contributed by atoms with E-state index in [1.54, 1.807) is 26.0 Å². The van der Waals surface area contributed by atoms with Crippen LogP contribution in [0.3, 0.4) is 0 Å². The summed E-state index contributed by atoms with van der Waals surface area (Å²) < 4.78 is 28.7. The van der Waals surface area contributed by atoms with Crippen LogP contribution in [-0.2, 0) is 14.8 Å². The van der Waals surface area contributed by atoms with Gasteiger partial charge in [0.05, 0.1) is 16.5 Å². The van der Waals surface area contributed by atoms with Crippen molar-refractivity contribution in [3.05, 3.63) is 78.4 Å². The molecule has 34 heavy (non-hydrogen) atoms. The molecular weight excluding hydrogens is 448 g/mol. The molecule has 0 saturated heterocycles. The SMILES string of the molecule is CC(C)(O)[C@@H](NC(=O)[C@H]1CC[C@H](NS(=O)(=O)c2ccc3ccccc3c2)CC1)c1ccccc1. The molecule has 1 aliphatic rings. The number of nitrogens with one attached hydrogen (secondary N) is 2. The Morgan fingerprint density at radius 1 is 0.912 bits per heavy atom. The van der Waals surface area contributed by atoms with Gasteiger partial charge >= 0.3 is 0 Å². The van der Waals surface area contributed by atoms with Crippen molar-refractivity contribution in [3.63, 3.8) is 0 Å². The molecule has 1 aliphatic carbocycles. The van der Waals surface area contributed by atoms with E-state index in [0.717, 1.165) is 16.3 Å². The van der Waals surface area contributed by atoms with Crippen molar-refractivity contribution in [2.45, 2.75) is 62.1 Å². The van der Waals surface area contributed by atoms with Gasteiger partial charge in [-0.15, -0.1) is 0 Å². The molecule has 0 unspecified atom stereocenters. The van der Waals surface area contributed by atoms with Gasteiger partial charge in [-0.25, -0.2) is 13.1 Å². The number of carbonyl (C=O) groups excluding carboxylic acids is 1. The molecule has 0 spiro atoms. The maximum Gasteiger partial charge on any atom is 0.240 e. The maximum absolute atomic E-state index is 13.0. The molecule has 0 radical (unpaired) electrons. The number of fused-ring (bicyclic) bond motifs is 1. The van der Waals surface area contributed by atoms with Crippen LogP contribution in [0, 0.1) is 5.92 Å². The van der Waals surface area contributed by atoms with E-state index in [2.05, 4.69) is 10.0 Å². The van der Waals surface area contributed by atoms with Crippen molar-refractivity contribution >= 4 is 26.7 Å². The van der Waals surface area contributed by atoms with E-state index in [9.17, 15) is 18.3 Å². The number of aliphatic hydroxyl groups is 1. The van der Waals surface area contributed by atoms with E-state index in [0.29, 0.717) is 25.7 Å². The van der Waals surface area contributed by atoms with Crippen molar-refractivity contribution in [1.82, 2.24) is 10.0 Å². The summed E-state index contributed by atoms with van der Waals surface area (Å²) >= 11 is 0. The van der Waals surface area contributed by atoms with E-state index in [1.165, 1.54) is 0 Å². The molecule has 0 heterocycles. The molecule has 180 valence electrons. The Kier molecular flexibility index (Phi) is 7.07. The van der Waals surface area contributed by atoms with E-state index in [4.69, 9.17) is 0 Å². The zero-order valence-corrected chi connectivity index (χ0v) is 20.4. The monoisotopic (exact) mass is 480 g/mol. The number of hydrogen-bond acceptors (Lipinski definition) is 4. The van der Waals surface area contributed by atoms with Crippen LogP contribution in [0.2, 0.25) is 0 Å². The van der Waals surface area contributed by atoms with Crippen molar-refractivity contribution in [2.24, 2.45) is 5.92 Å². The molecule has 3 aromatic carbocycles. The highest BCUT2D eigenvalue weighted by Gasteiger charge is 2.34. The van der Waals surface area contributed by atoms with Crippen LogP contribution in [-0.4, -0.2) is 31.1 Å². The van der Waals surface area contributed by atoms with Crippen LogP contribution in [0.1, 0.15) is 51.1 Å². The summed E-state index contributed by atoms with van der Waals surface area (Å²) in [5.41, 5.74) is -0.274. The maximum atomic E-state index is 13.0. The predicted octanol–water partition coefficient (Wildman–Crippen LogP) is 4.31. The molecule has 1 fully saturated rings. The third-order valence-electron chi connectivity index (χ3n) is 6.58. The molecule has 0 aliphatic heterocycles. The van der Waals surface area contributed by atoms with Gasteiger partial charge in [-0.3, -0.25) is 4.79 Å². The van der Waals surface area contributed by atoms with E-state index >= 15 is 0 Å². The van der Waals surface area contributed by atoms with Crippen LogP contribution in [0.5, 0.6) is 0 Å². The average molecular weight is 481 g/mol. The van der Waals surface area contributed by atoms with Gasteiger partial charge in [0.1, 0.15) is 0 Å². The lowest BCUT2D eigenvalue weighted by molar-refractivity contribution is -0.128. The second-order valence-electron chi connectivity index (χ2n) is 9.68. The standard InChI is InChI=1S/C27H32N2O4S/c1-27(2,31)25(20-9-4-3-5-10-20)28-26(30)21-12-15-23(16-13-21)29-34(32,33)24-17-14-19-8-6-7-11-22(19)18-24/h3-11,14,17-18,21,23,25,29,31H,12-13,15-16H2,1-2H3,(H,28,30)/t21-,23-,25-/m0/s1. The molecule has 1 saturated carbocycles. The Bertz CT molecular complexity index is 1240. The minimum atomic E-state index is -3.65. The Balaban J connectivity index is 1.37. The lowest BCUT2D eigenvalue weighted by atomic mass is 9.84. The zero-order chi connectivity index (χ0) is 24.3. The summed E-state index contributed by atoms with van der Waals surface area (Å²) in [6.45, 7) is 3.37. The van der Waals surface area contributed by atoms with E-state index < -0.39 is 21.7 Å². The first-order valence-corrected chi connectivity index (χ1v) is 13.2. The smallest absolute Gasteiger partial charge is 0.240 e. The molecule has 3 N–H and O–H groups in total. The van der Waals surface area contributed by atoms with Crippen LogP contribution in [0.15, 0.2) is 77.7 Å². The van der Waals surface area contributed by atoms with Gasteiger partial charge in [0.25, 0.3) is 0 Å². The number of rotatable bonds is 7. The van der Waals surface area contributed by atoms with Crippen molar-refractivity contribution in [2.75, 3.05) is 0 Å². The van der Waals surface area contributed by atoms with Crippen LogP contribution < -0.4 is 10.0 Å². The highest BCUT2D eigenvalue weighted by molar-refractivity contribution is 7.89. The largest absolute Gasteiger partial charge is 0.388 e. The Morgan fingerprint density at radius 2 is 1.53 bits per heavy atom. The topological polar surface area (TPSA) is 95.5 Å². The first kappa shape index (κ1) is 24.4. The normalized spacial score (nSPS) is 20.1. The van der Waals surface area contributed by atoms with Crippen molar-refractivity contribution < 1.29 is 18.3 Å². The molecule has 0 aromatic heterocycles. The summed E-state index contributed by atoms with van der Waals surface area (Å²) in [5.74, 6) is -0.318. The lowest BCUT2D eigenvalue weighted by Gasteiger charge is -2.34. The molecule has 4 rings (SSSR count). The first-order valence-electron chi connectivity index (χ1n) is 11.7. The number of hydrogen-bond donors (Lipinski definition) is 3. The molecule has 1 amide bonds.